The number of hydrogen-bond acceptors (Lipinski definition) is 5. The van der Waals surface area contributed by atoms with E-state index in [-0.39, 0.29) is 4.90 Å². The zero-order valence-corrected chi connectivity index (χ0v) is 11.2. The molecule has 8 heteroatoms. The molecule has 0 unspecified atom stereocenters. The molecule has 0 atom stereocenters. The van der Waals surface area contributed by atoms with Crippen LogP contribution in [0.3, 0.4) is 0 Å². The summed E-state index contributed by atoms with van der Waals surface area (Å²) in [6, 6.07) is 3.95. The Morgan fingerprint density at radius 3 is 2.44 bits per heavy atom. The summed E-state index contributed by atoms with van der Waals surface area (Å²) in [7, 11) is -1.18. The highest BCUT2D eigenvalue weighted by Gasteiger charge is 2.27. The minimum absolute atomic E-state index is 0.309. The van der Waals surface area contributed by atoms with Crippen molar-refractivity contribution in [2.24, 2.45) is 0 Å². The lowest BCUT2D eigenvalue weighted by molar-refractivity contribution is -0.387. The fourth-order valence-corrected chi connectivity index (χ4v) is 2.46. The summed E-state index contributed by atoms with van der Waals surface area (Å²) in [5.74, 6) is 0. The first-order valence-electron chi connectivity index (χ1n) is 5.25. The van der Waals surface area contributed by atoms with Crippen LogP contribution in [0.5, 0.6) is 0 Å². The molecule has 100 valence electrons. The van der Waals surface area contributed by atoms with Gasteiger partial charge in [-0.3, -0.25) is 10.1 Å². The van der Waals surface area contributed by atoms with Crippen LogP contribution in [0.2, 0.25) is 0 Å². The van der Waals surface area contributed by atoms with Crippen LogP contribution in [0.15, 0.2) is 23.1 Å². The number of benzene rings is 1. The molecule has 0 aromatic heterocycles. The Bertz CT molecular complexity index is 554. The Morgan fingerprint density at radius 2 is 2.00 bits per heavy atom. The molecule has 0 saturated carbocycles. The van der Waals surface area contributed by atoms with Gasteiger partial charge in [0, 0.05) is 32.4 Å². The van der Waals surface area contributed by atoms with Crippen LogP contribution in [-0.4, -0.2) is 38.3 Å². The first-order valence-corrected chi connectivity index (χ1v) is 6.69. The second-order valence-corrected chi connectivity index (χ2v) is 5.88. The van der Waals surface area contributed by atoms with E-state index in [1.165, 1.54) is 32.3 Å². The molecule has 1 aromatic rings. The van der Waals surface area contributed by atoms with Gasteiger partial charge >= 0.3 is 0 Å². The summed E-state index contributed by atoms with van der Waals surface area (Å²) in [4.78, 5) is 9.85. The van der Waals surface area contributed by atoms with Gasteiger partial charge in [0.05, 0.1) is 4.92 Å². The Balaban J connectivity index is 3.46. The maximum atomic E-state index is 12.0. The van der Waals surface area contributed by atoms with Crippen molar-refractivity contribution in [3.05, 3.63) is 28.3 Å². The van der Waals surface area contributed by atoms with E-state index >= 15 is 0 Å². The van der Waals surface area contributed by atoms with Gasteiger partial charge in [0.2, 0.25) is 10.0 Å². The molecular weight excluding hydrogens is 258 g/mol. The topological polar surface area (TPSA) is 92.5 Å². The van der Waals surface area contributed by atoms with Crippen molar-refractivity contribution in [3.8, 4) is 0 Å². The molecule has 7 nitrogen and oxygen atoms in total. The van der Waals surface area contributed by atoms with Crippen molar-refractivity contribution in [3.63, 3.8) is 0 Å². The number of nitrogens with zero attached hydrogens (tertiary/aromatic N) is 2. The average molecular weight is 273 g/mol. The van der Waals surface area contributed by atoms with E-state index in [2.05, 4.69) is 5.32 Å². The molecular formula is C10H15N3O4S. The fourth-order valence-electron chi connectivity index (χ4n) is 1.38. The number of nitrogens with one attached hydrogen (secondary N) is 1. The van der Waals surface area contributed by atoms with Crippen molar-refractivity contribution in [2.45, 2.75) is 11.8 Å². The van der Waals surface area contributed by atoms with Crippen LogP contribution < -0.4 is 5.32 Å². The largest absolute Gasteiger partial charge is 0.385 e. The van der Waals surface area contributed by atoms with Crippen molar-refractivity contribution in [2.75, 3.05) is 26.0 Å². The van der Waals surface area contributed by atoms with E-state index in [4.69, 9.17) is 0 Å². The van der Waals surface area contributed by atoms with Crippen molar-refractivity contribution in [1.29, 1.82) is 0 Å². The fraction of sp³-hybridized carbons (Fsp3) is 0.400. The zero-order valence-electron chi connectivity index (χ0n) is 10.4. The lowest BCUT2D eigenvalue weighted by atomic mass is 10.3. The molecule has 0 radical (unpaired) electrons. The number of nitro groups is 1. The Hall–Kier alpha value is -1.67. The number of rotatable bonds is 5. The minimum Gasteiger partial charge on any atom is -0.385 e. The highest BCUT2D eigenvalue weighted by atomic mass is 32.2. The van der Waals surface area contributed by atoms with Crippen molar-refractivity contribution in [1.82, 2.24) is 4.31 Å². The Kier molecular flexibility index (Phi) is 4.25. The van der Waals surface area contributed by atoms with Crippen LogP contribution in [-0.2, 0) is 10.0 Å². The Labute approximate surface area is 106 Å². The van der Waals surface area contributed by atoms with Gasteiger partial charge in [-0.15, -0.1) is 0 Å². The van der Waals surface area contributed by atoms with E-state index in [0.717, 1.165) is 4.31 Å². The lowest BCUT2D eigenvalue weighted by Gasteiger charge is -2.13. The van der Waals surface area contributed by atoms with Gasteiger partial charge in [0.25, 0.3) is 5.69 Å². The van der Waals surface area contributed by atoms with Gasteiger partial charge < -0.3 is 5.32 Å². The quantitative estimate of drug-likeness (QED) is 0.644. The normalized spacial score (nSPS) is 11.6. The highest BCUT2D eigenvalue weighted by Crippen LogP contribution is 2.28. The zero-order chi connectivity index (χ0) is 13.9. The molecule has 0 heterocycles. The minimum atomic E-state index is -3.84. The summed E-state index contributed by atoms with van der Waals surface area (Å²) in [5.41, 5.74) is 0.105. The van der Waals surface area contributed by atoms with E-state index in [9.17, 15) is 18.5 Å². The maximum absolute atomic E-state index is 12.0. The molecule has 0 spiro atoms. The molecule has 0 bridgehead atoms. The average Bonchev–Trinajstić information content (AvgIpc) is 2.28. The summed E-state index contributed by atoms with van der Waals surface area (Å²) in [6.07, 6.45) is 0. The smallest absolute Gasteiger partial charge is 0.289 e. The third-order valence-electron chi connectivity index (χ3n) is 2.30. The van der Waals surface area contributed by atoms with E-state index in [0.29, 0.717) is 12.2 Å². The van der Waals surface area contributed by atoms with Crippen molar-refractivity contribution >= 4 is 21.4 Å². The standard InChI is InChI=1S/C10H15N3O4S/c1-4-11-8-5-6-9(13(14)15)10(7-8)18(16,17)12(2)3/h5-7,11H,4H2,1-3H3. The molecule has 0 aliphatic heterocycles. The van der Waals surface area contributed by atoms with Crippen LogP contribution in [0.1, 0.15) is 6.92 Å². The third kappa shape index (κ3) is 2.77. The summed E-state index contributed by atoms with van der Waals surface area (Å²) >= 11 is 0. The van der Waals surface area contributed by atoms with E-state index in [1.54, 1.807) is 0 Å². The molecule has 0 amide bonds. The van der Waals surface area contributed by atoms with Gasteiger partial charge in [0.15, 0.2) is 4.90 Å². The SMILES string of the molecule is CCNc1ccc([N+](=O)[O-])c(S(=O)(=O)N(C)C)c1. The molecule has 1 rings (SSSR count). The van der Waals surface area contributed by atoms with E-state index in [1.807, 2.05) is 6.92 Å². The molecule has 0 fully saturated rings. The predicted molar refractivity (Wildman–Crippen MR) is 68.1 cm³/mol. The maximum Gasteiger partial charge on any atom is 0.289 e. The van der Waals surface area contributed by atoms with Gasteiger partial charge in [-0.25, -0.2) is 12.7 Å². The monoisotopic (exact) mass is 273 g/mol. The van der Waals surface area contributed by atoms with Gasteiger partial charge in [-0.2, -0.15) is 0 Å². The first kappa shape index (κ1) is 14.4. The molecule has 18 heavy (non-hydrogen) atoms. The predicted octanol–water partition coefficient (Wildman–Crippen LogP) is 1.28. The number of sulfonamides is 1. The number of anilines is 1. The molecule has 1 aromatic carbocycles. The summed E-state index contributed by atoms with van der Waals surface area (Å²) in [5, 5.41) is 13.8. The van der Waals surface area contributed by atoms with Gasteiger partial charge in [-0.1, -0.05) is 0 Å². The lowest BCUT2D eigenvalue weighted by Crippen LogP contribution is -2.23. The van der Waals surface area contributed by atoms with Crippen LogP contribution in [0.25, 0.3) is 0 Å². The molecule has 0 saturated heterocycles. The van der Waals surface area contributed by atoms with Crippen LogP contribution >= 0.6 is 0 Å². The summed E-state index contributed by atoms with van der Waals surface area (Å²) < 4.78 is 25.0. The first-order chi connectivity index (χ1) is 8.30. The van der Waals surface area contributed by atoms with Gasteiger partial charge in [-0.05, 0) is 19.1 Å². The van der Waals surface area contributed by atoms with Crippen molar-refractivity contribution < 1.29 is 13.3 Å². The molecule has 1 N–H and O–H groups in total. The number of nitro benzene ring substituents is 1. The summed E-state index contributed by atoms with van der Waals surface area (Å²) in [6.45, 7) is 2.45. The van der Waals surface area contributed by atoms with Crippen LogP contribution in [0, 0.1) is 10.1 Å². The second kappa shape index (κ2) is 5.32. The molecule has 0 aliphatic rings. The van der Waals surface area contributed by atoms with Gasteiger partial charge in [0.1, 0.15) is 0 Å². The highest BCUT2D eigenvalue weighted by molar-refractivity contribution is 7.89. The Morgan fingerprint density at radius 1 is 1.39 bits per heavy atom. The third-order valence-corrected chi connectivity index (χ3v) is 4.14. The van der Waals surface area contributed by atoms with E-state index < -0.39 is 20.6 Å². The van der Waals surface area contributed by atoms with Crippen LogP contribution in [0.4, 0.5) is 11.4 Å². The molecule has 0 aliphatic carbocycles. The second-order valence-electron chi connectivity index (χ2n) is 3.76. The number of hydrogen-bond donors (Lipinski definition) is 1.